The summed E-state index contributed by atoms with van der Waals surface area (Å²) in [5.41, 5.74) is 0.927. The molecule has 0 aromatic heterocycles. The first-order chi connectivity index (χ1) is 12.1. The predicted molar refractivity (Wildman–Crippen MR) is 94.4 cm³/mol. The van der Waals surface area contributed by atoms with E-state index in [4.69, 9.17) is 10.00 Å². The van der Waals surface area contributed by atoms with Crippen LogP contribution in [0.15, 0.2) is 18.2 Å². The lowest BCUT2D eigenvalue weighted by Crippen LogP contribution is -2.50. The lowest BCUT2D eigenvalue weighted by molar-refractivity contribution is -0.121. The largest absolute Gasteiger partial charge is 0.492 e. The first-order valence-electron chi connectivity index (χ1n) is 8.59. The molecule has 1 aliphatic heterocycles. The van der Waals surface area contributed by atoms with Crippen LogP contribution in [0.5, 0.6) is 5.75 Å². The van der Waals surface area contributed by atoms with Gasteiger partial charge in [0.1, 0.15) is 5.75 Å². The van der Waals surface area contributed by atoms with Crippen molar-refractivity contribution >= 4 is 17.6 Å². The van der Waals surface area contributed by atoms with Gasteiger partial charge >= 0.3 is 6.03 Å². The van der Waals surface area contributed by atoms with Crippen molar-refractivity contribution in [2.24, 2.45) is 0 Å². The highest BCUT2D eigenvalue weighted by atomic mass is 16.5. The minimum absolute atomic E-state index is 0.00684. The highest BCUT2D eigenvalue weighted by molar-refractivity contribution is 5.91. The maximum Gasteiger partial charge on any atom is 0.322 e. The second-order valence-corrected chi connectivity index (χ2v) is 5.89. The summed E-state index contributed by atoms with van der Waals surface area (Å²) in [5.74, 6) is 0.523. The SMILES string of the molecule is CCOc1ccc(C#N)cc1NC(=O)N1CCC[C@H](NC(=O)CC)C1. The number of ether oxygens (including phenoxy) is 1. The molecule has 134 valence electrons. The fraction of sp³-hybridized carbons (Fsp3) is 0.500. The van der Waals surface area contributed by atoms with Crippen molar-refractivity contribution in [1.29, 1.82) is 5.26 Å². The van der Waals surface area contributed by atoms with Gasteiger partial charge < -0.3 is 20.3 Å². The van der Waals surface area contributed by atoms with E-state index in [1.807, 2.05) is 6.92 Å². The zero-order valence-electron chi connectivity index (χ0n) is 14.7. The first-order valence-corrected chi connectivity index (χ1v) is 8.59. The highest BCUT2D eigenvalue weighted by Gasteiger charge is 2.25. The van der Waals surface area contributed by atoms with Crippen LogP contribution in [0.3, 0.4) is 0 Å². The fourth-order valence-corrected chi connectivity index (χ4v) is 2.78. The third-order valence-electron chi connectivity index (χ3n) is 4.04. The first kappa shape index (κ1) is 18.6. The summed E-state index contributed by atoms with van der Waals surface area (Å²) < 4.78 is 5.51. The van der Waals surface area contributed by atoms with E-state index in [1.54, 1.807) is 30.0 Å². The number of hydrogen-bond donors (Lipinski definition) is 2. The Balaban J connectivity index is 2.06. The zero-order chi connectivity index (χ0) is 18.2. The zero-order valence-corrected chi connectivity index (χ0v) is 14.7. The van der Waals surface area contributed by atoms with E-state index in [1.165, 1.54) is 0 Å². The maximum absolute atomic E-state index is 12.6. The van der Waals surface area contributed by atoms with Crippen molar-refractivity contribution in [1.82, 2.24) is 10.2 Å². The van der Waals surface area contributed by atoms with Crippen LogP contribution in [0.2, 0.25) is 0 Å². The van der Waals surface area contributed by atoms with Crippen molar-refractivity contribution in [3.8, 4) is 11.8 Å². The number of carbonyl (C=O) groups is 2. The molecule has 7 heteroatoms. The summed E-state index contributed by atoms with van der Waals surface area (Å²) >= 11 is 0. The summed E-state index contributed by atoms with van der Waals surface area (Å²) in [7, 11) is 0. The van der Waals surface area contributed by atoms with Crippen molar-refractivity contribution in [2.45, 2.75) is 39.2 Å². The van der Waals surface area contributed by atoms with Crippen molar-refractivity contribution in [3.63, 3.8) is 0 Å². The third kappa shape index (κ3) is 5.11. The van der Waals surface area contributed by atoms with E-state index in [0.717, 1.165) is 12.8 Å². The fourth-order valence-electron chi connectivity index (χ4n) is 2.78. The van der Waals surface area contributed by atoms with Gasteiger partial charge in [-0.2, -0.15) is 5.26 Å². The van der Waals surface area contributed by atoms with Gasteiger partial charge in [0.25, 0.3) is 0 Å². The minimum atomic E-state index is -0.258. The molecule has 1 aliphatic rings. The number of amides is 3. The number of rotatable bonds is 5. The molecule has 0 bridgehead atoms. The van der Waals surface area contributed by atoms with Gasteiger partial charge in [0, 0.05) is 25.6 Å². The number of urea groups is 1. The monoisotopic (exact) mass is 344 g/mol. The van der Waals surface area contributed by atoms with Crippen LogP contribution in [0.4, 0.5) is 10.5 Å². The molecular formula is C18H24N4O3. The molecule has 1 aromatic rings. The molecule has 25 heavy (non-hydrogen) atoms. The standard InChI is InChI=1S/C18H24N4O3/c1-3-17(23)20-14-6-5-9-22(12-14)18(24)21-15-10-13(11-19)7-8-16(15)25-4-2/h7-8,10,14H,3-6,9,12H2,1-2H3,(H,20,23)(H,21,24)/t14-/m0/s1. The molecule has 3 amide bonds. The molecule has 1 fully saturated rings. The van der Waals surface area contributed by atoms with Crippen molar-refractivity contribution in [2.75, 3.05) is 25.0 Å². The number of anilines is 1. The average molecular weight is 344 g/mol. The Kier molecular flexibility index (Phi) is 6.63. The lowest BCUT2D eigenvalue weighted by Gasteiger charge is -2.33. The van der Waals surface area contributed by atoms with Crippen LogP contribution in [0.1, 0.15) is 38.7 Å². The molecule has 7 nitrogen and oxygen atoms in total. The molecule has 2 rings (SSSR count). The van der Waals surface area contributed by atoms with Gasteiger partial charge in [0.05, 0.1) is 23.9 Å². The van der Waals surface area contributed by atoms with Crippen LogP contribution in [0, 0.1) is 11.3 Å². The smallest absolute Gasteiger partial charge is 0.322 e. The Labute approximate surface area is 147 Å². The van der Waals surface area contributed by atoms with E-state index < -0.39 is 0 Å². The van der Waals surface area contributed by atoms with Gasteiger partial charge in [-0.1, -0.05) is 6.92 Å². The molecule has 1 heterocycles. The second kappa shape index (κ2) is 8.92. The molecule has 0 spiro atoms. The molecule has 0 radical (unpaired) electrons. The topological polar surface area (TPSA) is 94.5 Å². The van der Waals surface area contributed by atoms with Gasteiger partial charge in [-0.05, 0) is 38.0 Å². The Bertz CT molecular complexity index is 669. The predicted octanol–water partition coefficient (Wildman–Crippen LogP) is 2.48. The van der Waals surface area contributed by atoms with Crippen LogP contribution < -0.4 is 15.4 Å². The van der Waals surface area contributed by atoms with Crippen molar-refractivity contribution in [3.05, 3.63) is 23.8 Å². The van der Waals surface area contributed by atoms with Gasteiger partial charge in [-0.15, -0.1) is 0 Å². The Morgan fingerprint density at radius 3 is 2.88 bits per heavy atom. The lowest BCUT2D eigenvalue weighted by atomic mass is 10.1. The number of carbonyl (C=O) groups excluding carboxylic acids is 2. The number of piperidine rings is 1. The average Bonchev–Trinajstić information content (AvgIpc) is 2.63. The minimum Gasteiger partial charge on any atom is -0.492 e. The summed E-state index contributed by atoms with van der Waals surface area (Å²) in [6.45, 7) is 5.23. The molecule has 1 aromatic carbocycles. The quantitative estimate of drug-likeness (QED) is 0.858. The van der Waals surface area contributed by atoms with Gasteiger partial charge in [-0.25, -0.2) is 4.79 Å². The number of likely N-dealkylation sites (tertiary alicyclic amines) is 1. The van der Waals surface area contributed by atoms with Crippen LogP contribution >= 0.6 is 0 Å². The number of nitrogens with one attached hydrogen (secondary N) is 2. The molecule has 2 N–H and O–H groups in total. The Morgan fingerprint density at radius 2 is 2.20 bits per heavy atom. The van der Waals surface area contributed by atoms with Gasteiger partial charge in [0.15, 0.2) is 0 Å². The number of benzene rings is 1. The van der Waals surface area contributed by atoms with E-state index >= 15 is 0 Å². The Morgan fingerprint density at radius 1 is 1.40 bits per heavy atom. The van der Waals surface area contributed by atoms with E-state index in [2.05, 4.69) is 16.7 Å². The molecule has 1 atom stereocenters. The number of hydrogen-bond acceptors (Lipinski definition) is 4. The molecular weight excluding hydrogens is 320 g/mol. The molecule has 1 saturated heterocycles. The molecule has 0 aliphatic carbocycles. The highest BCUT2D eigenvalue weighted by Crippen LogP contribution is 2.26. The van der Waals surface area contributed by atoms with Crippen LogP contribution in [0.25, 0.3) is 0 Å². The van der Waals surface area contributed by atoms with Crippen LogP contribution in [-0.2, 0) is 4.79 Å². The normalized spacial score (nSPS) is 16.7. The van der Waals surface area contributed by atoms with E-state index in [9.17, 15) is 9.59 Å². The summed E-state index contributed by atoms with van der Waals surface area (Å²) in [4.78, 5) is 25.8. The maximum atomic E-state index is 12.6. The molecule has 0 saturated carbocycles. The Hall–Kier alpha value is -2.75. The molecule has 0 unspecified atom stereocenters. The van der Waals surface area contributed by atoms with Gasteiger partial charge in [0.2, 0.25) is 5.91 Å². The van der Waals surface area contributed by atoms with Crippen LogP contribution in [-0.4, -0.2) is 42.6 Å². The summed E-state index contributed by atoms with van der Waals surface area (Å²) in [6.07, 6.45) is 2.13. The van der Waals surface area contributed by atoms with Gasteiger partial charge in [-0.3, -0.25) is 4.79 Å². The van der Waals surface area contributed by atoms with E-state index in [0.29, 0.717) is 43.1 Å². The third-order valence-corrected chi connectivity index (χ3v) is 4.04. The second-order valence-electron chi connectivity index (χ2n) is 5.89. The summed E-state index contributed by atoms with van der Waals surface area (Å²) in [6, 6.07) is 6.70. The number of nitrogens with zero attached hydrogens (tertiary/aromatic N) is 2. The number of nitriles is 1. The van der Waals surface area contributed by atoms with E-state index in [-0.39, 0.29) is 18.0 Å². The summed E-state index contributed by atoms with van der Waals surface area (Å²) in [5, 5.41) is 14.8. The van der Waals surface area contributed by atoms with Crippen molar-refractivity contribution < 1.29 is 14.3 Å².